The Labute approximate surface area is 179 Å². The van der Waals surface area contributed by atoms with Crippen LogP contribution < -0.4 is 10.6 Å². The van der Waals surface area contributed by atoms with Crippen molar-refractivity contribution in [1.29, 1.82) is 0 Å². The van der Waals surface area contributed by atoms with Gasteiger partial charge in [0.2, 0.25) is 0 Å². The highest BCUT2D eigenvalue weighted by atomic mass is 19.1. The molecule has 1 atom stereocenters. The van der Waals surface area contributed by atoms with Crippen LogP contribution in [-0.2, 0) is 10.4 Å². The Balaban J connectivity index is 1.63. The summed E-state index contributed by atoms with van der Waals surface area (Å²) in [6.45, 7) is 0.697. The van der Waals surface area contributed by atoms with Crippen LogP contribution >= 0.6 is 0 Å². The number of halogens is 1. The summed E-state index contributed by atoms with van der Waals surface area (Å²) in [5.41, 5.74) is 6.89. The summed E-state index contributed by atoms with van der Waals surface area (Å²) in [4.78, 5) is 13.5. The van der Waals surface area contributed by atoms with E-state index in [2.05, 4.69) is 10.2 Å². The zero-order valence-corrected chi connectivity index (χ0v) is 17.1. The number of hydrogen-bond donors (Lipinski definition) is 2. The van der Waals surface area contributed by atoms with E-state index in [1.807, 2.05) is 4.90 Å². The van der Waals surface area contributed by atoms with Crippen LogP contribution in [0.1, 0.15) is 28.8 Å². The normalized spacial score (nSPS) is 18.6. The molecule has 0 unspecified atom stereocenters. The second-order valence-electron chi connectivity index (χ2n) is 7.58. The number of nitrogens with two attached hydrogens (primary N) is 1. The van der Waals surface area contributed by atoms with Gasteiger partial charge in [0.25, 0.3) is 0 Å². The number of aromatic nitrogens is 2. The van der Waals surface area contributed by atoms with Gasteiger partial charge in [-0.3, -0.25) is 0 Å². The van der Waals surface area contributed by atoms with E-state index < -0.39 is 11.6 Å². The van der Waals surface area contributed by atoms with Gasteiger partial charge in [-0.25, -0.2) is 9.18 Å². The number of rotatable bonds is 4. The molecule has 3 N–H and O–H groups in total. The van der Waals surface area contributed by atoms with Crippen molar-refractivity contribution in [3.63, 3.8) is 0 Å². The first-order valence-electron chi connectivity index (χ1n) is 9.95. The van der Waals surface area contributed by atoms with Crippen molar-refractivity contribution in [2.45, 2.75) is 18.5 Å². The molecular formula is C23H23FN4O3. The molecule has 1 aliphatic rings. The summed E-state index contributed by atoms with van der Waals surface area (Å²) in [6.07, 6.45) is 0.967. The number of carbonyl (C=O) groups excluding carboxylic acids is 1. The van der Waals surface area contributed by atoms with Gasteiger partial charge in [-0.15, -0.1) is 10.2 Å². The summed E-state index contributed by atoms with van der Waals surface area (Å²) in [5.74, 6) is -0.182. The fourth-order valence-corrected chi connectivity index (χ4v) is 3.94. The molecule has 0 radical (unpaired) electrons. The molecule has 31 heavy (non-hydrogen) atoms. The molecule has 1 saturated heterocycles. The molecule has 3 aromatic rings. The van der Waals surface area contributed by atoms with Gasteiger partial charge in [0.15, 0.2) is 11.5 Å². The summed E-state index contributed by atoms with van der Waals surface area (Å²) in [7, 11) is 1.31. The highest BCUT2D eigenvalue weighted by Crippen LogP contribution is 2.39. The molecule has 0 spiro atoms. The second kappa shape index (κ2) is 8.22. The zero-order valence-electron chi connectivity index (χ0n) is 17.1. The molecule has 0 amide bonds. The molecule has 4 rings (SSSR count). The number of piperidine rings is 1. The number of nitrogen functional groups attached to an aromatic ring is 1. The van der Waals surface area contributed by atoms with E-state index in [9.17, 15) is 9.90 Å². The van der Waals surface area contributed by atoms with Crippen molar-refractivity contribution < 1.29 is 19.0 Å². The zero-order chi connectivity index (χ0) is 22.0. The lowest BCUT2D eigenvalue weighted by molar-refractivity contribution is 0.0600. The quantitative estimate of drug-likeness (QED) is 0.619. The predicted molar refractivity (Wildman–Crippen MR) is 116 cm³/mol. The molecule has 7 nitrogen and oxygen atoms in total. The molecule has 8 heteroatoms. The number of alkyl halides is 1. The Bertz CT molecular complexity index is 1110. The fourth-order valence-electron chi connectivity index (χ4n) is 3.94. The van der Waals surface area contributed by atoms with Gasteiger partial charge in [0.1, 0.15) is 5.75 Å². The SMILES string of the molecule is COC(=O)c1ccc([C@]2(F)CCCN(c3cc(-c4ccccc4O)nnc3N)C2)cc1. The van der Waals surface area contributed by atoms with E-state index in [0.717, 1.165) is 0 Å². The van der Waals surface area contributed by atoms with Crippen LogP contribution in [0, 0.1) is 0 Å². The van der Waals surface area contributed by atoms with Crippen molar-refractivity contribution in [3.8, 4) is 17.0 Å². The van der Waals surface area contributed by atoms with Crippen LogP contribution in [0.5, 0.6) is 5.75 Å². The Hall–Kier alpha value is -3.68. The van der Waals surface area contributed by atoms with E-state index in [0.29, 0.717) is 47.5 Å². The number of anilines is 2. The second-order valence-corrected chi connectivity index (χ2v) is 7.58. The maximum atomic E-state index is 16.0. The molecule has 2 aromatic carbocycles. The highest BCUT2D eigenvalue weighted by molar-refractivity contribution is 5.89. The standard InChI is InChI=1S/C23H23FN4O3/c1-31-22(30)15-7-9-16(10-8-15)23(24)11-4-12-28(14-23)19-13-18(26-27-21(19)25)17-5-2-3-6-20(17)29/h2-3,5-10,13,29H,4,11-12,14H2,1H3,(H2,25,27)/t23-/m0/s1. The van der Waals surface area contributed by atoms with E-state index in [1.165, 1.54) is 7.11 Å². The first-order chi connectivity index (χ1) is 14.9. The lowest BCUT2D eigenvalue weighted by Crippen LogP contribution is -2.44. The average molecular weight is 422 g/mol. The number of methoxy groups -OCH3 is 1. The summed E-state index contributed by atoms with van der Waals surface area (Å²) in [6, 6.07) is 14.9. The Morgan fingerprint density at radius 1 is 1.19 bits per heavy atom. The molecule has 1 fully saturated rings. The maximum Gasteiger partial charge on any atom is 0.337 e. The average Bonchev–Trinajstić information content (AvgIpc) is 2.79. The number of nitrogens with zero attached hydrogens (tertiary/aromatic N) is 3. The van der Waals surface area contributed by atoms with Crippen LogP contribution in [-0.4, -0.2) is 41.5 Å². The smallest absolute Gasteiger partial charge is 0.337 e. The monoisotopic (exact) mass is 422 g/mol. The fraction of sp³-hybridized carbons (Fsp3) is 0.261. The number of para-hydroxylation sites is 1. The first-order valence-corrected chi connectivity index (χ1v) is 9.95. The van der Waals surface area contributed by atoms with E-state index in [4.69, 9.17) is 10.5 Å². The van der Waals surface area contributed by atoms with Crippen molar-refractivity contribution in [1.82, 2.24) is 10.2 Å². The largest absolute Gasteiger partial charge is 0.507 e. The van der Waals surface area contributed by atoms with Crippen molar-refractivity contribution >= 4 is 17.5 Å². The topological polar surface area (TPSA) is 102 Å². The molecule has 0 saturated carbocycles. The minimum absolute atomic E-state index is 0.0803. The number of carbonyl (C=O) groups is 1. The lowest BCUT2D eigenvalue weighted by Gasteiger charge is -2.39. The third kappa shape index (κ3) is 4.01. The van der Waals surface area contributed by atoms with Gasteiger partial charge in [0.05, 0.1) is 30.6 Å². The van der Waals surface area contributed by atoms with Crippen LogP contribution in [0.25, 0.3) is 11.3 Å². The molecule has 2 heterocycles. The molecule has 1 aliphatic heterocycles. The molecule has 0 bridgehead atoms. The van der Waals surface area contributed by atoms with E-state index >= 15 is 4.39 Å². The number of benzene rings is 2. The summed E-state index contributed by atoms with van der Waals surface area (Å²) in [5, 5.41) is 18.3. The number of ether oxygens (including phenoxy) is 1. The van der Waals surface area contributed by atoms with Crippen LogP contribution in [0.2, 0.25) is 0 Å². The Morgan fingerprint density at radius 3 is 2.65 bits per heavy atom. The molecule has 160 valence electrons. The number of phenolic OH excluding ortho intramolecular Hbond substituents is 1. The van der Waals surface area contributed by atoms with Gasteiger partial charge in [-0.1, -0.05) is 24.3 Å². The Morgan fingerprint density at radius 2 is 1.94 bits per heavy atom. The highest BCUT2D eigenvalue weighted by Gasteiger charge is 2.38. The Kier molecular flexibility index (Phi) is 5.46. The number of esters is 1. The predicted octanol–water partition coefficient (Wildman–Crippen LogP) is 3.68. The minimum atomic E-state index is -1.61. The van der Waals surface area contributed by atoms with Crippen molar-refractivity contribution in [3.05, 3.63) is 65.7 Å². The number of aromatic hydroxyl groups is 1. The number of phenols is 1. The van der Waals surface area contributed by atoms with Gasteiger partial charge in [0, 0.05) is 12.1 Å². The maximum absolute atomic E-state index is 16.0. The number of hydrogen-bond acceptors (Lipinski definition) is 7. The summed E-state index contributed by atoms with van der Waals surface area (Å²) < 4.78 is 20.7. The minimum Gasteiger partial charge on any atom is -0.507 e. The third-order valence-corrected chi connectivity index (χ3v) is 5.59. The van der Waals surface area contributed by atoms with Crippen LogP contribution in [0.15, 0.2) is 54.6 Å². The first kappa shape index (κ1) is 20.6. The molecule has 0 aliphatic carbocycles. The van der Waals surface area contributed by atoms with E-state index in [1.54, 1.807) is 54.6 Å². The van der Waals surface area contributed by atoms with Gasteiger partial charge in [-0.2, -0.15) is 0 Å². The lowest BCUT2D eigenvalue weighted by atomic mass is 9.86. The van der Waals surface area contributed by atoms with E-state index in [-0.39, 0.29) is 18.1 Å². The van der Waals surface area contributed by atoms with Gasteiger partial charge < -0.3 is 20.5 Å². The summed E-state index contributed by atoms with van der Waals surface area (Å²) >= 11 is 0. The van der Waals surface area contributed by atoms with Crippen molar-refractivity contribution in [2.24, 2.45) is 0 Å². The van der Waals surface area contributed by atoms with Crippen LogP contribution in [0.3, 0.4) is 0 Å². The molecular weight excluding hydrogens is 399 g/mol. The molecule has 1 aromatic heterocycles. The van der Waals surface area contributed by atoms with Gasteiger partial charge in [-0.05, 0) is 48.7 Å². The van der Waals surface area contributed by atoms with Gasteiger partial charge >= 0.3 is 5.97 Å². The van der Waals surface area contributed by atoms with Crippen LogP contribution in [0.4, 0.5) is 15.9 Å². The van der Waals surface area contributed by atoms with Crippen molar-refractivity contribution in [2.75, 3.05) is 30.8 Å². The third-order valence-electron chi connectivity index (χ3n) is 5.59.